The molecule has 14 heavy (non-hydrogen) atoms. The van der Waals surface area contributed by atoms with Crippen LogP contribution in [0.5, 0.6) is 0 Å². The fourth-order valence-electron chi connectivity index (χ4n) is 0.837. The maximum Gasteiger partial charge on any atom is 0.176 e. The van der Waals surface area contributed by atoms with E-state index < -0.39 is 6.10 Å². The summed E-state index contributed by atoms with van der Waals surface area (Å²) in [4.78, 5) is 0. The SMILES string of the molecule is OC1C#CCCC#CC#CCCC#C1. The van der Waals surface area contributed by atoms with Gasteiger partial charge in [-0.2, -0.15) is 0 Å². The number of aliphatic hydroxyl groups excluding tert-OH is 1. The summed E-state index contributed by atoms with van der Waals surface area (Å²) in [5, 5.41) is 9.24. The zero-order valence-corrected chi connectivity index (χ0v) is 7.85. The third-order valence-electron chi connectivity index (χ3n) is 1.47. The molecule has 0 spiro atoms. The van der Waals surface area contributed by atoms with Crippen LogP contribution < -0.4 is 0 Å². The van der Waals surface area contributed by atoms with Crippen molar-refractivity contribution in [1.82, 2.24) is 0 Å². The largest absolute Gasteiger partial charge is 0.369 e. The molecule has 1 rings (SSSR count). The second kappa shape index (κ2) is 6.69. The Morgan fingerprint density at radius 1 is 0.714 bits per heavy atom. The molecular weight excluding hydrogens is 172 g/mol. The third kappa shape index (κ3) is 4.95. The van der Waals surface area contributed by atoms with Gasteiger partial charge in [-0.25, -0.2) is 0 Å². The average molecular weight is 182 g/mol. The Morgan fingerprint density at radius 3 is 1.64 bits per heavy atom. The van der Waals surface area contributed by atoms with Gasteiger partial charge in [0.15, 0.2) is 6.10 Å². The Kier molecular flexibility index (Phi) is 4.91. The summed E-state index contributed by atoms with van der Waals surface area (Å²) in [6.45, 7) is 0. The molecule has 0 amide bonds. The van der Waals surface area contributed by atoms with E-state index in [-0.39, 0.29) is 0 Å². The van der Waals surface area contributed by atoms with Gasteiger partial charge in [0.05, 0.1) is 0 Å². The first-order valence-corrected chi connectivity index (χ1v) is 4.50. The topological polar surface area (TPSA) is 20.2 Å². The van der Waals surface area contributed by atoms with E-state index in [0.717, 1.165) is 0 Å². The quantitative estimate of drug-likeness (QED) is 0.553. The Balaban J connectivity index is 2.64. The second-order valence-electron chi connectivity index (χ2n) is 2.65. The highest BCUT2D eigenvalue weighted by atomic mass is 16.3. The van der Waals surface area contributed by atoms with E-state index in [4.69, 9.17) is 0 Å². The Hall–Kier alpha value is -1.80. The van der Waals surface area contributed by atoms with E-state index in [0.29, 0.717) is 25.7 Å². The monoisotopic (exact) mass is 182 g/mol. The maximum absolute atomic E-state index is 9.24. The van der Waals surface area contributed by atoms with E-state index in [1.807, 2.05) is 0 Å². The molecular formula is C13H10O. The molecule has 1 N–H and O–H groups in total. The molecule has 0 aromatic heterocycles. The first-order valence-electron chi connectivity index (χ1n) is 4.50. The van der Waals surface area contributed by atoms with Crippen molar-refractivity contribution in [2.75, 3.05) is 0 Å². The highest BCUT2D eigenvalue weighted by Crippen LogP contribution is 1.87. The van der Waals surface area contributed by atoms with Crippen LogP contribution >= 0.6 is 0 Å². The van der Waals surface area contributed by atoms with Crippen molar-refractivity contribution in [2.24, 2.45) is 0 Å². The van der Waals surface area contributed by atoms with E-state index in [1.54, 1.807) is 0 Å². The van der Waals surface area contributed by atoms with Crippen molar-refractivity contribution < 1.29 is 5.11 Å². The van der Waals surface area contributed by atoms with Crippen molar-refractivity contribution in [1.29, 1.82) is 0 Å². The van der Waals surface area contributed by atoms with Crippen molar-refractivity contribution in [3.8, 4) is 47.4 Å². The van der Waals surface area contributed by atoms with Gasteiger partial charge < -0.3 is 5.11 Å². The van der Waals surface area contributed by atoms with Crippen LogP contribution in [0.4, 0.5) is 0 Å². The molecule has 0 aromatic rings. The van der Waals surface area contributed by atoms with E-state index in [2.05, 4.69) is 47.4 Å². The van der Waals surface area contributed by atoms with Crippen LogP contribution in [0.2, 0.25) is 0 Å². The Labute approximate surface area is 84.9 Å². The van der Waals surface area contributed by atoms with Gasteiger partial charge in [-0.15, -0.1) is 0 Å². The second-order valence-corrected chi connectivity index (χ2v) is 2.65. The van der Waals surface area contributed by atoms with Crippen LogP contribution in [0.15, 0.2) is 0 Å². The standard InChI is InChI=1S/C13H10O/c14-13-11-9-7-5-3-1-2-4-6-8-10-12-13/h13-14H,5-8H2. The van der Waals surface area contributed by atoms with Gasteiger partial charge >= 0.3 is 0 Å². The molecule has 0 aromatic carbocycles. The fraction of sp³-hybridized carbons (Fsp3) is 0.385. The van der Waals surface area contributed by atoms with E-state index in [1.165, 1.54) is 0 Å². The zero-order chi connectivity index (χ0) is 10.1. The van der Waals surface area contributed by atoms with Crippen molar-refractivity contribution >= 4 is 0 Å². The van der Waals surface area contributed by atoms with Gasteiger partial charge in [0.2, 0.25) is 0 Å². The molecule has 0 fully saturated rings. The molecule has 1 nitrogen and oxygen atoms in total. The summed E-state index contributed by atoms with van der Waals surface area (Å²) < 4.78 is 0. The minimum atomic E-state index is -0.823. The lowest BCUT2D eigenvalue weighted by molar-refractivity contribution is 0.289. The normalized spacial score (nSPS) is 15.5. The molecule has 0 atom stereocenters. The van der Waals surface area contributed by atoms with Gasteiger partial charge in [-0.1, -0.05) is 35.5 Å². The first-order chi connectivity index (χ1) is 6.89. The van der Waals surface area contributed by atoms with Crippen LogP contribution in [0.25, 0.3) is 0 Å². The van der Waals surface area contributed by atoms with Crippen LogP contribution in [0.3, 0.4) is 0 Å². The molecule has 0 saturated heterocycles. The van der Waals surface area contributed by atoms with Gasteiger partial charge in [0, 0.05) is 25.7 Å². The molecule has 1 aliphatic carbocycles. The molecule has 0 bridgehead atoms. The van der Waals surface area contributed by atoms with Crippen LogP contribution in [0.1, 0.15) is 25.7 Å². The predicted molar refractivity (Wildman–Crippen MR) is 55.6 cm³/mol. The molecule has 0 heterocycles. The molecule has 0 saturated carbocycles. The summed E-state index contributed by atoms with van der Waals surface area (Å²) in [6, 6.07) is 0. The van der Waals surface area contributed by atoms with Gasteiger partial charge in [-0.05, 0) is 11.8 Å². The lowest BCUT2D eigenvalue weighted by atomic mass is 10.2. The molecule has 1 heteroatoms. The molecule has 0 aliphatic heterocycles. The smallest absolute Gasteiger partial charge is 0.176 e. The lowest BCUT2D eigenvalue weighted by Gasteiger charge is -1.87. The minimum absolute atomic E-state index is 0.660. The van der Waals surface area contributed by atoms with Crippen molar-refractivity contribution in [2.45, 2.75) is 31.8 Å². The van der Waals surface area contributed by atoms with E-state index in [9.17, 15) is 5.11 Å². The number of hydrogen-bond donors (Lipinski definition) is 1. The number of rotatable bonds is 0. The third-order valence-corrected chi connectivity index (χ3v) is 1.47. The predicted octanol–water partition coefficient (Wildman–Crippen LogP) is 0.935. The lowest BCUT2D eigenvalue weighted by Crippen LogP contribution is -1.97. The van der Waals surface area contributed by atoms with Gasteiger partial charge in [-0.3, -0.25) is 0 Å². The summed E-state index contributed by atoms with van der Waals surface area (Å²) in [7, 11) is 0. The Morgan fingerprint density at radius 2 is 1.14 bits per heavy atom. The molecule has 0 radical (unpaired) electrons. The molecule has 1 aliphatic rings. The summed E-state index contributed by atoms with van der Waals surface area (Å²) >= 11 is 0. The Bertz CT molecular complexity index is 373. The first kappa shape index (κ1) is 10.3. The van der Waals surface area contributed by atoms with Crippen LogP contribution in [-0.4, -0.2) is 11.2 Å². The summed E-state index contributed by atoms with van der Waals surface area (Å²) in [5.41, 5.74) is 0. The zero-order valence-electron chi connectivity index (χ0n) is 7.85. The average Bonchev–Trinajstić information content (AvgIpc) is 2.20. The molecule has 68 valence electrons. The minimum Gasteiger partial charge on any atom is -0.369 e. The number of aliphatic hydroxyl groups is 1. The number of hydrogen-bond acceptors (Lipinski definition) is 1. The van der Waals surface area contributed by atoms with Crippen LogP contribution in [0, 0.1) is 47.4 Å². The molecule has 0 unspecified atom stereocenters. The van der Waals surface area contributed by atoms with Crippen molar-refractivity contribution in [3.63, 3.8) is 0 Å². The summed E-state index contributed by atoms with van der Waals surface area (Å²) in [5.74, 6) is 22.2. The summed E-state index contributed by atoms with van der Waals surface area (Å²) in [6.07, 6.45) is 1.89. The highest BCUT2D eigenvalue weighted by molar-refractivity contribution is 5.27. The fourth-order valence-corrected chi connectivity index (χ4v) is 0.837. The van der Waals surface area contributed by atoms with Crippen LogP contribution in [-0.2, 0) is 0 Å². The van der Waals surface area contributed by atoms with Gasteiger partial charge in [0.25, 0.3) is 0 Å². The van der Waals surface area contributed by atoms with Crippen molar-refractivity contribution in [3.05, 3.63) is 0 Å². The van der Waals surface area contributed by atoms with Gasteiger partial charge in [0.1, 0.15) is 0 Å². The maximum atomic E-state index is 9.24. The van der Waals surface area contributed by atoms with E-state index >= 15 is 0 Å². The highest BCUT2D eigenvalue weighted by Gasteiger charge is 1.88.